The Hall–Kier alpha value is -1.22. The predicted molar refractivity (Wildman–Crippen MR) is 79.2 cm³/mol. The summed E-state index contributed by atoms with van der Waals surface area (Å²) in [6, 6.07) is 0. The van der Waals surface area contributed by atoms with E-state index in [2.05, 4.69) is 20.2 Å². The fraction of sp³-hybridized carbons (Fsp3) is 0.417. The number of aryl methyl sites for hydroxylation is 2. The summed E-state index contributed by atoms with van der Waals surface area (Å²) >= 11 is 1.56. The molecule has 2 rings (SSSR count). The summed E-state index contributed by atoms with van der Waals surface area (Å²) in [6.45, 7) is 4.51. The number of rotatable bonds is 6. The minimum Gasteiger partial charge on any atom is -0.316 e. The number of hydrogen-bond acceptors (Lipinski definition) is 5. The van der Waals surface area contributed by atoms with Gasteiger partial charge in [0.25, 0.3) is 10.0 Å². The molecule has 2 aromatic heterocycles. The number of thiophene rings is 1. The second kappa shape index (κ2) is 6.04. The van der Waals surface area contributed by atoms with Crippen LogP contribution < -0.4 is 10.0 Å². The van der Waals surface area contributed by atoms with Crippen LogP contribution in [0.15, 0.2) is 15.8 Å². The molecule has 2 heterocycles. The fourth-order valence-electron chi connectivity index (χ4n) is 1.85. The fourth-order valence-corrected chi connectivity index (χ4v) is 3.90. The van der Waals surface area contributed by atoms with Gasteiger partial charge in [-0.3, -0.25) is 5.10 Å². The highest BCUT2D eigenvalue weighted by Crippen LogP contribution is 2.18. The van der Waals surface area contributed by atoms with E-state index in [1.54, 1.807) is 18.4 Å². The van der Waals surface area contributed by atoms with E-state index in [1.807, 2.05) is 24.6 Å². The van der Waals surface area contributed by atoms with Crippen molar-refractivity contribution in [2.45, 2.75) is 32.0 Å². The van der Waals surface area contributed by atoms with Crippen molar-refractivity contribution < 1.29 is 8.42 Å². The van der Waals surface area contributed by atoms with E-state index in [0.29, 0.717) is 12.1 Å². The van der Waals surface area contributed by atoms with Crippen LogP contribution in [0.3, 0.4) is 0 Å². The molecule has 0 spiro atoms. The van der Waals surface area contributed by atoms with Crippen molar-refractivity contribution in [3.05, 3.63) is 33.1 Å². The SMILES string of the molecule is CNCc1c(S(=O)(=O)NCc2cscc2C)n[nH]c1C. The number of nitrogens with one attached hydrogen (secondary N) is 3. The third-order valence-electron chi connectivity index (χ3n) is 3.06. The number of aromatic nitrogens is 2. The molecule has 0 aliphatic carbocycles. The van der Waals surface area contributed by atoms with Crippen LogP contribution in [0, 0.1) is 13.8 Å². The molecule has 0 fully saturated rings. The normalized spacial score (nSPS) is 11.9. The largest absolute Gasteiger partial charge is 0.316 e. The van der Waals surface area contributed by atoms with Crippen LogP contribution in [0.4, 0.5) is 0 Å². The summed E-state index contributed by atoms with van der Waals surface area (Å²) in [6.07, 6.45) is 0. The van der Waals surface area contributed by atoms with Crippen LogP contribution >= 0.6 is 11.3 Å². The highest BCUT2D eigenvalue weighted by Gasteiger charge is 2.23. The van der Waals surface area contributed by atoms with Crippen molar-refractivity contribution in [2.75, 3.05) is 7.05 Å². The Morgan fingerprint density at radius 1 is 1.30 bits per heavy atom. The maximum absolute atomic E-state index is 12.3. The Labute approximate surface area is 122 Å². The van der Waals surface area contributed by atoms with Gasteiger partial charge in [-0.05, 0) is 42.8 Å². The lowest BCUT2D eigenvalue weighted by Gasteiger charge is -2.07. The number of H-pyrrole nitrogens is 1. The van der Waals surface area contributed by atoms with E-state index in [1.165, 1.54) is 0 Å². The first-order chi connectivity index (χ1) is 9.45. The molecule has 0 aliphatic heterocycles. The van der Waals surface area contributed by atoms with E-state index in [9.17, 15) is 8.42 Å². The second-order valence-corrected chi connectivity index (χ2v) is 6.99. The lowest BCUT2D eigenvalue weighted by molar-refractivity contribution is 0.574. The lowest BCUT2D eigenvalue weighted by atomic mass is 10.2. The molecule has 2 aromatic rings. The van der Waals surface area contributed by atoms with Crippen molar-refractivity contribution in [1.82, 2.24) is 20.2 Å². The molecule has 0 unspecified atom stereocenters. The van der Waals surface area contributed by atoms with Gasteiger partial charge in [-0.15, -0.1) is 0 Å². The van der Waals surface area contributed by atoms with Gasteiger partial charge in [0.05, 0.1) is 0 Å². The molecule has 0 saturated carbocycles. The van der Waals surface area contributed by atoms with Crippen LogP contribution in [0.1, 0.15) is 22.4 Å². The van der Waals surface area contributed by atoms with Gasteiger partial charge in [-0.2, -0.15) is 16.4 Å². The van der Waals surface area contributed by atoms with Crippen molar-refractivity contribution in [1.29, 1.82) is 0 Å². The molecule has 0 amide bonds. The summed E-state index contributed by atoms with van der Waals surface area (Å²) in [4.78, 5) is 0. The smallest absolute Gasteiger partial charge is 0.260 e. The first-order valence-electron chi connectivity index (χ1n) is 6.15. The summed E-state index contributed by atoms with van der Waals surface area (Å²) < 4.78 is 27.3. The van der Waals surface area contributed by atoms with E-state index in [0.717, 1.165) is 16.8 Å². The molecular weight excluding hydrogens is 296 g/mol. The van der Waals surface area contributed by atoms with E-state index >= 15 is 0 Å². The molecule has 110 valence electrons. The Morgan fingerprint density at radius 3 is 2.65 bits per heavy atom. The van der Waals surface area contributed by atoms with Crippen LogP contribution in [0.25, 0.3) is 0 Å². The van der Waals surface area contributed by atoms with Crippen molar-refractivity contribution >= 4 is 21.4 Å². The number of nitrogens with zero attached hydrogens (tertiary/aromatic N) is 1. The van der Waals surface area contributed by atoms with Gasteiger partial charge >= 0.3 is 0 Å². The third-order valence-corrected chi connectivity index (χ3v) is 5.34. The van der Waals surface area contributed by atoms with Crippen molar-refractivity contribution in [3.63, 3.8) is 0 Å². The zero-order valence-corrected chi connectivity index (χ0v) is 13.3. The number of aromatic amines is 1. The zero-order valence-electron chi connectivity index (χ0n) is 11.6. The molecule has 0 atom stereocenters. The third kappa shape index (κ3) is 3.09. The first kappa shape index (κ1) is 15.2. The second-order valence-electron chi connectivity index (χ2n) is 4.57. The summed E-state index contributed by atoms with van der Waals surface area (Å²) in [5, 5.41) is 13.6. The van der Waals surface area contributed by atoms with Gasteiger partial charge < -0.3 is 5.32 Å². The van der Waals surface area contributed by atoms with E-state index in [-0.39, 0.29) is 11.6 Å². The van der Waals surface area contributed by atoms with Crippen LogP contribution in [-0.4, -0.2) is 25.7 Å². The lowest BCUT2D eigenvalue weighted by Crippen LogP contribution is -2.25. The van der Waals surface area contributed by atoms with Crippen molar-refractivity contribution in [2.24, 2.45) is 0 Å². The average Bonchev–Trinajstić information content (AvgIpc) is 2.95. The zero-order chi connectivity index (χ0) is 14.8. The Kier molecular flexibility index (Phi) is 4.59. The maximum atomic E-state index is 12.3. The predicted octanol–water partition coefficient (Wildman–Crippen LogP) is 1.29. The van der Waals surface area contributed by atoms with Crippen LogP contribution in [0.2, 0.25) is 0 Å². The average molecular weight is 314 g/mol. The molecule has 8 heteroatoms. The molecule has 0 bridgehead atoms. The highest BCUT2D eigenvalue weighted by molar-refractivity contribution is 7.89. The molecule has 3 N–H and O–H groups in total. The van der Waals surface area contributed by atoms with Gasteiger partial charge in [0.2, 0.25) is 0 Å². The van der Waals surface area contributed by atoms with Gasteiger partial charge in [0, 0.05) is 24.3 Å². The van der Waals surface area contributed by atoms with Crippen LogP contribution in [-0.2, 0) is 23.1 Å². The molecule has 6 nitrogen and oxygen atoms in total. The summed E-state index contributed by atoms with van der Waals surface area (Å²) in [5.41, 5.74) is 3.50. The van der Waals surface area contributed by atoms with Crippen LogP contribution in [0.5, 0.6) is 0 Å². The highest BCUT2D eigenvalue weighted by atomic mass is 32.2. The minimum atomic E-state index is -3.61. The molecule has 0 radical (unpaired) electrons. The quantitative estimate of drug-likeness (QED) is 0.750. The Bertz CT molecular complexity index is 688. The Balaban J connectivity index is 2.20. The molecule has 20 heavy (non-hydrogen) atoms. The van der Waals surface area contributed by atoms with Crippen molar-refractivity contribution in [3.8, 4) is 0 Å². The van der Waals surface area contributed by atoms with E-state index < -0.39 is 10.0 Å². The topological polar surface area (TPSA) is 86.9 Å². The number of sulfonamides is 1. The number of hydrogen-bond donors (Lipinski definition) is 3. The van der Waals surface area contributed by atoms with Gasteiger partial charge in [-0.25, -0.2) is 13.1 Å². The first-order valence-corrected chi connectivity index (χ1v) is 8.58. The maximum Gasteiger partial charge on any atom is 0.260 e. The van der Waals surface area contributed by atoms with Gasteiger partial charge in [0.1, 0.15) is 0 Å². The monoisotopic (exact) mass is 314 g/mol. The Morgan fingerprint density at radius 2 is 2.05 bits per heavy atom. The summed E-state index contributed by atoms with van der Waals surface area (Å²) in [5.74, 6) is 0. The molecule has 0 aromatic carbocycles. The minimum absolute atomic E-state index is 0.0669. The molecule has 0 saturated heterocycles. The van der Waals surface area contributed by atoms with E-state index in [4.69, 9.17) is 0 Å². The van der Waals surface area contributed by atoms with Gasteiger partial charge in [-0.1, -0.05) is 0 Å². The summed E-state index contributed by atoms with van der Waals surface area (Å²) in [7, 11) is -1.84. The standard InChI is InChI=1S/C12H18N4O2S2/c1-8-6-19-7-10(8)4-14-20(17,18)12-11(5-13-3)9(2)15-16-12/h6-7,13-14H,4-5H2,1-3H3,(H,15,16). The molecule has 0 aliphatic rings. The van der Waals surface area contributed by atoms with Gasteiger partial charge in [0.15, 0.2) is 5.03 Å². The molecular formula is C12H18N4O2S2.